The van der Waals surface area contributed by atoms with Gasteiger partial charge < -0.3 is 15.0 Å². The number of ether oxygens (including phenoxy) is 1. The highest BCUT2D eigenvalue weighted by Crippen LogP contribution is 2.34. The molecule has 1 fully saturated rings. The first kappa shape index (κ1) is 20.9. The van der Waals surface area contributed by atoms with E-state index in [0.29, 0.717) is 35.9 Å². The Labute approximate surface area is 194 Å². The third kappa shape index (κ3) is 4.10. The van der Waals surface area contributed by atoms with Crippen LogP contribution < -0.4 is 15.0 Å². The first-order valence-corrected chi connectivity index (χ1v) is 11.4. The van der Waals surface area contributed by atoms with Crippen molar-refractivity contribution in [2.24, 2.45) is 0 Å². The van der Waals surface area contributed by atoms with Gasteiger partial charge in [-0.1, -0.05) is 24.3 Å². The Kier molecular flexibility index (Phi) is 5.62. The number of carbonyl (C=O) groups is 2. The molecule has 8 nitrogen and oxygen atoms in total. The van der Waals surface area contributed by atoms with Gasteiger partial charge in [0.25, 0.3) is 5.91 Å². The van der Waals surface area contributed by atoms with Crippen molar-refractivity contribution in [2.75, 3.05) is 23.9 Å². The lowest BCUT2D eigenvalue weighted by Crippen LogP contribution is -2.24. The number of benzene rings is 2. The second-order valence-corrected chi connectivity index (χ2v) is 8.42. The van der Waals surface area contributed by atoms with E-state index < -0.39 is 5.91 Å². The molecule has 5 rings (SSSR count). The molecule has 1 aliphatic rings. The van der Waals surface area contributed by atoms with E-state index in [1.807, 2.05) is 47.8 Å². The van der Waals surface area contributed by atoms with Crippen LogP contribution in [-0.4, -0.2) is 40.2 Å². The topological polar surface area (TPSA) is 89.3 Å². The first-order valence-electron chi connectivity index (χ1n) is 10.5. The number of anilines is 2. The standard InChI is InChI=1S/C24H21N5O3S/c1-32-19-12-11-16(15-18(19)28-13-5-10-21(28)30)25-24(31)22-26-23(20-9-6-14-33-20)29(27-22)17-7-3-2-4-8-17/h2-4,6-9,11-12,14-15H,5,10,13H2,1H3,(H,25,31). The normalized spacial score (nSPS) is 13.4. The van der Waals surface area contributed by atoms with E-state index in [-0.39, 0.29) is 11.7 Å². The quantitative estimate of drug-likeness (QED) is 0.462. The minimum Gasteiger partial charge on any atom is -0.495 e. The molecule has 3 heterocycles. The predicted molar refractivity (Wildman–Crippen MR) is 127 cm³/mol. The highest BCUT2D eigenvalue weighted by molar-refractivity contribution is 7.13. The van der Waals surface area contributed by atoms with E-state index in [1.165, 1.54) is 11.3 Å². The van der Waals surface area contributed by atoms with Gasteiger partial charge in [0.15, 0.2) is 5.82 Å². The number of aromatic nitrogens is 3. The van der Waals surface area contributed by atoms with Crippen molar-refractivity contribution in [3.05, 3.63) is 71.9 Å². The van der Waals surface area contributed by atoms with E-state index in [1.54, 1.807) is 34.9 Å². The van der Waals surface area contributed by atoms with Crippen LogP contribution >= 0.6 is 11.3 Å². The number of amides is 2. The third-order valence-corrected chi connectivity index (χ3v) is 6.22. The second kappa shape index (κ2) is 8.87. The number of methoxy groups -OCH3 is 1. The molecule has 0 saturated carbocycles. The summed E-state index contributed by atoms with van der Waals surface area (Å²) in [6, 6.07) is 18.7. The van der Waals surface area contributed by atoms with Crippen LogP contribution in [0.15, 0.2) is 66.0 Å². The molecule has 4 aromatic rings. The van der Waals surface area contributed by atoms with E-state index in [4.69, 9.17) is 4.74 Å². The molecule has 0 atom stereocenters. The summed E-state index contributed by atoms with van der Waals surface area (Å²) in [4.78, 5) is 32.4. The van der Waals surface area contributed by atoms with Crippen LogP contribution in [0, 0.1) is 0 Å². The Morgan fingerprint density at radius 2 is 1.97 bits per heavy atom. The largest absolute Gasteiger partial charge is 0.495 e. The van der Waals surface area contributed by atoms with Gasteiger partial charge in [0.05, 0.1) is 23.4 Å². The fourth-order valence-corrected chi connectivity index (χ4v) is 4.49. The van der Waals surface area contributed by atoms with Gasteiger partial charge in [0.2, 0.25) is 11.7 Å². The number of nitrogens with zero attached hydrogens (tertiary/aromatic N) is 4. The van der Waals surface area contributed by atoms with Crippen LogP contribution in [0.25, 0.3) is 16.4 Å². The first-order chi connectivity index (χ1) is 16.1. The lowest BCUT2D eigenvalue weighted by molar-refractivity contribution is -0.117. The molecule has 0 bridgehead atoms. The highest BCUT2D eigenvalue weighted by atomic mass is 32.1. The fourth-order valence-electron chi connectivity index (χ4n) is 3.79. The molecule has 0 unspecified atom stereocenters. The molecule has 1 aliphatic heterocycles. The number of para-hydroxylation sites is 1. The second-order valence-electron chi connectivity index (χ2n) is 7.47. The average molecular weight is 460 g/mol. The Hall–Kier alpha value is -3.98. The van der Waals surface area contributed by atoms with Gasteiger partial charge in [0, 0.05) is 18.7 Å². The lowest BCUT2D eigenvalue weighted by Gasteiger charge is -2.20. The summed E-state index contributed by atoms with van der Waals surface area (Å²) in [5.74, 6) is 0.831. The van der Waals surface area contributed by atoms with Gasteiger partial charge >= 0.3 is 0 Å². The van der Waals surface area contributed by atoms with Crippen LogP contribution in [0.5, 0.6) is 5.75 Å². The molecule has 166 valence electrons. The highest BCUT2D eigenvalue weighted by Gasteiger charge is 2.25. The number of thiophene rings is 1. The third-order valence-electron chi connectivity index (χ3n) is 5.35. The SMILES string of the molecule is COc1ccc(NC(=O)c2nc(-c3cccs3)n(-c3ccccc3)n2)cc1N1CCCC1=O. The van der Waals surface area contributed by atoms with Crippen LogP contribution in [0.1, 0.15) is 23.5 Å². The van der Waals surface area contributed by atoms with Crippen LogP contribution in [0.4, 0.5) is 11.4 Å². The zero-order valence-electron chi connectivity index (χ0n) is 17.9. The molecule has 0 radical (unpaired) electrons. The van der Waals surface area contributed by atoms with Gasteiger partial charge in [-0.2, -0.15) is 0 Å². The van der Waals surface area contributed by atoms with Gasteiger partial charge in [0.1, 0.15) is 5.75 Å². The van der Waals surface area contributed by atoms with Crippen molar-refractivity contribution in [2.45, 2.75) is 12.8 Å². The lowest BCUT2D eigenvalue weighted by atomic mass is 10.2. The van der Waals surface area contributed by atoms with Crippen molar-refractivity contribution >= 4 is 34.5 Å². The zero-order chi connectivity index (χ0) is 22.8. The van der Waals surface area contributed by atoms with Gasteiger partial charge in [-0.05, 0) is 48.2 Å². The van der Waals surface area contributed by atoms with Crippen molar-refractivity contribution in [3.8, 4) is 22.1 Å². The van der Waals surface area contributed by atoms with Crippen LogP contribution in [0.3, 0.4) is 0 Å². The predicted octanol–water partition coefficient (Wildman–Crippen LogP) is 4.38. The number of carbonyl (C=O) groups excluding carboxylic acids is 2. The van der Waals surface area contributed by atoms with Crippen molar-refractivity contribution in [1.29, 1.82) is 0 Å². The number of hydrogen-bond donors (Lipinski definition) is 1. The Morgan fingerprint density at radius 3 is 2.67 bits per heavy atom. The number of hydrogen-bond acceptors (Lipinski definition) is 6. The Morgan fingerprint density at radius 1 is 1.12 bits per heavy atom. The maximum atomic E-state index is 13.1. The summed E-state index contributed by atoms with van der Waals surface area (Å²) >= 11 is 1.53. The summed E-state index contributed by atoms with van der Waals surface area (Å²) in [5.41, 5.74) is 1.98. The van der Waals surface area contributed by atoms with E-state index >= 15 is 0 Å². The Bertz CT molecular complexity index is 1300. The molecule has 1 saturated heterocycles. The van der Waals surface area contributed by atoms with Crippen molar-refractivity contribution in [1.82, 2.24) is 14.8 Å². The van der Waals surface area contributed by atoms with Crippen molar-refractivity contribution in [3.63, 3.8) is 0 Å². The zero-order valence-corrected chi connectivity index (χ0v) is 18.7. The smallest absolute Gasteiger partial charge is 0.295 e. The summed E-state index contributed by atoms with van der Waals surface area (Å²) in [6.07, 6.45) is 1.30. The van der Waals surface area contributed by atoms with E-state index in [9.17, 15) is 9.59 Å². The molecule has 33 heavy (non-hydrogen) atoms. The average Bonchev–Trinajstić information content (AvgIpc) is 3.60. The maximum absolute atomic E-state index is 13.1. The molecule has 2 aromatic carbocycles. The van der Waals surface area contributed by atoms with Gasteiger partial charge in [-0.3, -0.25) is 9.59 Å². The number of rotatable bonds is 6. The molecule has 0 spiro atoms. The van der Waals surface area contributed by atoms with Crippen LogP contribution in [0.2, 0.25) is 0 Å². The molecule has 2 amide bonds. The number of nitrogens with one attached hydrogen (secondary N) is 1. The Balaban J connectivity index is 1.47. The summed E-state index contributed by atoms with van der Waals surface area (Å²) < 4.78 is 7.10. The minimum absolute atomic E-state index is 0.0423. The van der Waals surface area contributed by atoms with E-state index in [2.05, 4.69) is 15.4 Å². The molecule has 9 heteroatoms. The molecule has 0 aliphatic carbocycles. The molecular formula is C24H21N5O3S. The minimum atomic E-state index is -0.439. The maximum Gasteiger partial charge on any atom is 0.295 e. The monoisotopic (exact) mass is 459 g/mol. The summed E-state index contributed by atoms with van der Waals surface area (Å²) in [5, 5.41) is 9.30. The van der Waals surface area contributed by atoms with Gasteiger partial charge in [-0.25, -0.2) is 9.67 Å². The van der Waals surface area contributed by atoms with Gasteiger partial charge in [-0.15, -0.1) is 16.4 Å². The van der Waals surface area contributed by atoms with Crippen molar-refractivity contribution < 1.29 is 14.3 Å². The fraction of sp³-hybridized carbons (Fsp3) is 0.167. The van der Waals surface area contributed by atoms with Crippen LogP contribution in [-0.2, 0) is 4.79 Å². The summed E-state index contributed by atoms with van der Waals surface area (Å²) in [7, 11) is 1.56. The molecule has 1 N–H and O–H groups in total. The summed E-state index contributed by atoms with van der Waals surface area (Å²) in [6.45, 7) is 0.625. The molecule has 2 aromatic heterocycles. The van der Waals surface area contributed by atoms with E-state index in [0.717, 1.165) is 17.0 Å². The molecular weight excluding hydrogens is 438 g/mol.